The number of ether oxygens (including phenoxy) is 2. The van der Waals surface area contributed by atoms with Gasteiger partial charge in [-0.1, -0.05) is 11.3 Å². The van der Waals surface area contributed by atoms with Crippen LogP contribution in [0.25, 0.3) is 0 Å². The first-order valence-electron chi connectivity index (χ1n) is 6.73. The Kier molecular flexibility index (Phi) is 3.45. The second kappa shape index (κ2) is 5.30. The standard InChI is InChI=1S/C14H16N4O4/c1-14(20,7-15-13(19)10-6-18(2)17-16-10)9-3-4-11-12(5-9)22-8-21-11/h3-6,20H,7-8H2,1-2H3,(H,15,19). The number of carbonyl (C=O) groups excluding carboxylic acids is 1. The van der Waals surface area contributed by atoms with Gasteiger partial charge >= 0.3 is 0 Å². The van der Waals surface area contributed by atoms with Gasteiger partial charge in [0.05, 0.1) is 12.7 Å². The van der Waals surface area contributed by atoms with Gasteiger partial charge in [0.1, 0.15) is 5.60 Å². The van der Waals surface area contributed by atoms with Crippen LogP contribution in [0, 0.1) is 0 Å². The Balaban J connectivity index is 1.69. The van der Waals surface area contributed by atoms with Crippen molar-refractivity contribution in [3.63, 3.8) is 0 Å². The summed E-state index contributed by atoms with van der Waals surface area (Å²) in [6, 6.07) is 5.18. The quantitative estimate of drug-likeness (QED) is 0.836. The smallest absolute Gasteiger partial charge is 0.273 e. The Hall–Kier alpha value is -2.61. The Morgan fingerprint density at radius 2 is 2.23 bits per heavy atom. The van der Waals surface area contributed by atoms with E-state index in [4.69, 9.17) is 9.47 Å². The van der Waals surface area contributed by atoms with Crippen LogP contribution >= 0.6 is 0 Å². The molecule has 2 heterocycles. The molecule has 2 aromatic rings. The van der Waals surface area contributed by atoms with Gasteiger partial charge in [-0.2, -0.15) is 0 Å². The molecular weight excluding hydrogens is 288 g/mol. The molecule has 1 aromatic heterocycles. The molecule has 8 nitrogen and oxygen atoms in total. The molecule has 3 rings (SSSR count). The minimum absolute atomic E-state index is 0.0298. The number of aromatic nitrogens is 3. The number of hydrogen-bond donors (Lipinski definition) is 2. The van der Waals surface area contributed by atoms with Gasteiger partial charge in [0.2, 0.25) is 6.79 Å². The Morgan fingerprint density at radius 3 is 2.95 bits per heavy atom. The number of fused-ring (bicyclic) bond motifs is 1. The monoisotopic (exact) mass is 304 g/mol. The van der Waals surface area contributed by atoms with Crippen LogP contribution in [0.1, 0.15) is 23.0 Å². The number of hydrogen-bond acceptors (Lipinski definition) is 6. The first-order valence-corrected chi connectivity index (χ1v) is 6.73. The minimum atomic E-state index is -1.25. The van der Waals surface area contributed by atoms with Crippen LogP contribution in [-0.2, 0) is 12.6 Å². The molecule has 0 bridgehead atoms. The number of amides is 1. The van der Waals surface area contributed by atoms with E-state index >= 15 is 0 Å². The predicted molar refractivity (Wildman–Crippen MR) is 75.5 cm³/mol. The van der Waals surface area contributed by atoms with Gasteiger partial charge in [-0.25, -0.2) is 0 Å². The maximum Gasteiger partial charge on any atom is 0.273 e. The van der Waals surface area contributed by atoms with Crippen molar-refractivity contribution in [2.75, 3.05) is 13.3 Å². The number of nitrogens with one attached hydrogen (secondary N) is 1. The Labute approximate surface area is 126 Å². The molecular formula is C14H16N4O4. The van der Waals surface area contributed by atoms with E-state index in [1.165, 1.54) is 10.9 Å². The molecule has 0 radical (unpaired) electrons. The normalized spacial score (nSPS) is 15.4. The van der Waals surface area contributed by atoms with Crippen LogP contribution in [0.5, 0.6) is 11.5 Å². The topological polar surface area (TPSA) is 98.5 Å². The summed E-state index contributed by atoms with van der Waals surface area (Å²) in [6.07, 6.45) is 1.50. The molecule has 8 heteroatoms. The lowest BCUT2D eigenvalue weighted by Gasteiger charge is -2.24. The van der Waals surface area contributed by atoms with E-state index in [9.17, 15) is 9.90 Å². The maximum atomic E-state index is 11.9. The van der Waals surface area contributed by atoms with E-state index in [0.717, 1.165) is 0 Å². The summed E-state index contributed by atoms with van der Waals surface area (Å²) < 4.78 is 12.0. The summed E-state index contributed by atoms with van der Waals surface area (Å²) in [5.41, 5.74) is -0.432. The number of carbonyl (C=O) groups is 1. The van der Waals surface area contributed by atoms with Gasteiger partial charge in [0.15, 0.2) is 17.2 Å². The first kappa shape index (κ1) is 14.3. The van der Waals surface area contributed by atoms with Gasteiger partial charge < -0.3 is 19.9 Å². The molecule has 0 saturated heterocycles. The second-order valence-electron chi connectivity index (χ2n) is 5.30. The Morgan fingerprint density at radius 1 is 1.45 bits per heavy atom. The zero-order valence-electron chi connectivity index (χ0n) is 12.2. The maximum absolute atomic E-state index is 11.9. The predicted octanol–water partition coefficient (Wildman–Crippen LogP) is 0.181. The average molecular weight is 304 g/mol. The number of aryl methyl sites for hydroxylation is 1. The molecule has 1 unspecified atom stereocenters. The van der Waals surface area contributed by atoms with Crippen molar-refractivity contribution in [3.05, 3.63) is 35.7 Å². The molecule has 1 aromatic carbocycles. The lowest BCUT2D eigenvalue weighted by molar-refractivity contribution is 0.0523. The molecule has 0 saturated carbocycles. The third-order valence-corrected chi connectivity index (χ3v) is 3.42. The fraction of sp³-hybridized carbons (Fsp3) is 0.357. The highest BCUT2D eigenvalue weighted by atomic mass is 16.7. The largest absolute Gasteiger partial charge is 0.454 e. The van der Waals surface area contributed by atoms with Crippen molar-refractivity contribution in [1.29, 1.82) is 0 Å². The van der Waals surface area contributed by atoms with E-state index in [-0.39, 0.29) is 19.0 Å². The van der Waals surface area contributed by atoms with Gasteiger partial charge in [-0.15, -0.1) is 5.10 Å². The van der Waals surface area contributed by atoms with E-state index in [2.05, 4.69) is 15.6 Å². The molecule has 1 atom stereocenters. The van der Waals surface area contributed by atoms with Gasteiger partial charge in [0, 0.05) is 7.05 Å². The fourth-order valence-corrected chi connectivity index (χ4v) is 2.13. The zero-order valence-corrected chi connectivity index (χ0v) is 12.2. The molecule has 2 N–H and O–H groups in total. The van der Waals surface area contributed by atoms with Crippen molar-refractivity contribution < 1.29 is 19.4 Å². The summed E-state index contributed by atoms with van der Waals surface area (Å²) in [5, 5.41) is 20.6. The van der Waals surface area contributed by atoms with E-state index in [0.29, 0.717) is 17.1 Å². The highest BCUT2D eigenvalue weighted by molar-refractivity contribution is 5.91. The molecule has 22 heavy (non-hydrogen) atoms. The van der Waals surface area contributed by atoms with Crippen molar-refractivity contribution >= 4 is 5.91 Å². The van der Waals surface area contributed by atoms with E-state index < -0.39 is 11.5 Å². The van der Waals surface area contributed by atoms with Crippen LogP contribution in [0.2, 0.25) is 0 Å². The van der Waals surface area contributed by atoms with Crippen molar-refractivity contribution in [3.8, 4) is 11.5 Å². The van der Waals surface area contributed by atoms with Crippen LogP contribution in [-0.4, -0.2) is 39.3 Å². The van der Waals surface area contributed by atoms with Crippen LogP contribution in [0.15, 0.2) is 24.4 Å². The molecule has 1 amide bonds. The summed E-state index contributed by atoms with van der Waals surface area (Å²) in [4.78, 5) is 11.9. The van der Waals surface area contributed by atoms with Crippen LogP contribution < -0.4 is 14.8 Å². The highest BCUT2D eigenvalue weighted by Gasteiger charge is 2.27. The molecule has 0 spiro atoms. The minimum Gasteiger partial charge on any atom is -0.454 e. The highest BCUT2D eigenvalue weighted by Crippen LogP contribution is 2.35. The number of aliphatic hydroxyl groups is 1. The third-order valence-electron chi connectivity index (χ3n) is 3.42. The lowest BCUT2D eigenvalue weighted by atomic mass is 9.95. The van der Waals surface area contributed by atoms with Crippen LogP contribution in [0.4, 0.5) is 0 Å². The van der Waals surface area contributed by atoms with E-state index in [1.54, 1.807) is 32.2 Å². The van der Waals surface area contributed by atoms with Crippen molar-refractivity contribution in [2.45, 2.75) is 12.5 Å². The molecule has 0 aliphatic carbocycles. The van der Waals surface area contributed by atoms with Crippen LogP contribution in [0.3, 0.4) is 0 Å². The summed E-state index contributed by atoms with van der Waals surface area (Å²) in [6.45, 7) is 1.81. The number of nitrogens with zero attached hydrogens (tertiary/aromatic N) is 3. The summed E-state index contributed by atoms with van der Waals surface area (Å²) in [7, 11) is 1.67. The van der Waals surface area contributed by atoms with Crippen molar-refractivity contribution in [2.24, 2.45) is 7.05 Å². The second-order valence-corrected chi connectivity index (χ2v) is 5.30. The zero-order chi connectivity index (χ0) is 15.7. The number of rotatable bonds is 4. The lowest BCUT2D eigenvalue weighted by Crippen LogP contribution is -2.38. The average Bonchev–Trinajstić information content (AvgIpc) is 3.12. The molecule has 0 fully saturated rings. The molecule has 1 aliphatic rings. The van der Waals surface area contributed by atoms with E-state index in [1.807, 2.05) is 0 Å². The fourth-order valence-electron chi connectivity index (χ4n) is 2.13. The molecule has 1 aliphatic heterocycles. The SMILES string of the molecule is Cn1cc(C(=O)NCC(C)(O)c2ccc3c(c2)OCO3)nn1. The molecule has 116 valence electrons. The van der Waals surface area contributed by atoms with Gasteiger partial charge in [-0.05, 0) is 24.6 Å². The number of benzene rings is 1. The first-order chi connectivity index (χ1) is 10.5. The third kappa shape index (κ3) is 2.73. The summed E-state index contributed by atoms with van der Waals surface area (Å²) in [5.74, 6) is 0.829. The van der Waals surface area contributed by atoms with Crippen molar-refractivity contribution in [1.82, 2.24) is 20.3 Å². The van der Waals surface area contributed by atoms with Gasteiger partial charge in [-0.3, -0.25) is 9.48 Å². The van der Waals surface area contributed by atoms with Gasteiger partial charge in [0.25, 0.3) is 5.91 Å². The summed E-state index contributed by atoms with van der Waals surface area (Å²) >= 11 is 0. The Bertz CT molecular complexity index is 711.